The van der Waals surface area contributed by atoms with E-state index in [0.717, 1.165) is 18.4 Å². The van der Waals surface area contributed by atoms with Gasteiger partial charge in [0.1, 0.15) is 5.82 Å². The summed E-state index contributed by atoms with van der Waals surface area (Å²) in [7, 11) is 0. The molecular formula is C15H19FN2O3. The van der Waals surface area contributed by atoms with Gasteiger partial charge in [0.15, 0.2) is 0 Å². The summed E-state index contributed by atoms with van der Waals surface area (Å²) < 4.78 is 13.1. The Morgan fingerprint density at radius 1 is 1.38 bits per heavy atom. The molecule has 0 aliphatic heterocycles. The van der Waals surface area contributed by atoms with Crippen LogP contribution in [0.2, 0.25) is 0 Å². The van der Waals surface area contributed by atoms with E-state index in [0.29, 0.717) is 13.0 Å². The number of carboxylic acids is 1. The lowest BCUT2D eigenvalue weighted by atomic mass is 10.1. The van der Waals surface area contributed by atoms with Crippen LogP contribution in [-0.4, -0.2) is 41.1 Å². The molecule has 5 nitrogen and oxygen atoms in total. The predicted molar refractivity (Wildman–Crippen MR) is 75.5 cm³/mol. The van der Waals surface area contributed by atoms with Crippen molar-refractivity contribution in [3.63, 3.8) is 0 Å². The van der Waals surface area contributed by atoms with E-state index in [1.54, 1.807) is 11.0 Å². The third kappa shape index (κ3) is 5.06. The summed E-state index contributed by atoms with van der Waals surface area (Å²) in [4.78, 5) is 24.2. The molecule has 0 aromatic heterocycles. The Bertz CT molecular complexity index is 517. The van der Waals surface area contributed by atoms with Gasteiger partial charge in [0.2, 0.25) is 0 Å². The summed E-state index contributed by atoms with van der Waals surface area (Å²) in [5.74, 6) is -1.22. The summed E-state index contributed by atoms with van der Waals surface area (Å²) in [6.07, 6.45) is 2.43. The Labute approximate surface area is 122 Å². The Morgan fingerprint density at radius 3 is 2.76 bits per heavy atom. The number of aliphatic carboxylic acids is 1. The SMILES string of the molecule is O=C(O)CCNC(=O)N(CCc1cccc(F)c1)C1CC1. The molecule has 1 aromatic carbocycles. The largest absolute Gasteiger partial charge is 0.481 e. The fourth-order valence-corrected chi connectivity index (χ4v) is 2.16. The first-order valence-corrected chi connectivity index (χ1v) is 7.07. The van der Waals surface area contributed by atoms with E-state index < -0.39 is 5.97 Å². The zero-order valence-electron chi connectivity index (χ0n) is 11.7. The molecule has 0 radical (unpaired) electrons. The van der Waals surface area contributed by atoms with Crippen LogP contribution in [0.5, 0.6) is 0 Å². The minimum absolute atomic E-state index is 0.0891. The standard InChI is InChI=1S/C15H19FN2O3/c16-12-3-1-2-11(10-12)7-9-18(13-4-5-13)15(21)17-8-6-14(19)20/h1-3,10,13H,4-9H2,(H,17,21)(H,19,20). The van der Waals surface area contributed by atoms with Crippen LogP contribution in [0.1, 0.15) is 24.8 Å². The number of rotatable bonds is 7. The van der Waals surface area contributed by atoms with Crippen molar-refractivity contribution in [3.05, 3.63) is 35.6 Å². The molecule has 1 aromatic rings. The van der Waals surface area contributed by atoms with Gasteiger partial charge in [-0.15, -0.1) is 0 Å². The van der Waals surface area contributed by atoms with Gasteiger partial charge in [-0.3, -0.25) is 4.79 Å². The monoisotopic (exact) mass is 294 g/mol. The van der Waals surface area contributed by atoms with E-state index in [1.165, 1.54) is 12.1 Å². The van der Waals surface area contributed by atoms with Gasteiger partial charge in [0, 0.05) is 19.1 Å². The van der Waals surface area contributed by atoms with E-state index in [2.05, 4.69) is 5.32 Å². The van der Waals surface area contributed by atoms with Gasteiger partial charge in [0.25, 0.3) is 0 Å². The first-order valence-electron chi connectivity index (χ1n) is 7.07. The third-order valence-corrected chi connectivity index (χ3v) is 3.39. The summed E-state index contributed by atoms with van der Waals surface area (Å²) in [6, 6.07) is 6.32. The molecule has 2 amide bonds. The highest BCUT2D eigenvalue weighted by molar-refractivity contribution is 5.76. The normalized spacial score (nSPS) is 13.8. The van der Waals surface area contributed by atoms with Crippen LogP contribution in [0, 0.1) is 5.82 Å². The highest BCUT2D eigenvalue weighted by Crippen LogP contribution is 2.27. The van der Waals surface area contributed by atoms with E-state index in [4.69, 9.17) is 5.11 Å². The summed E-state index contributed by atoms with van der Waals surface area (Å²) in [5.41, 5.74) is 0.846. The predicted octanol–water partition coefficient (Wildman–Crippen LogP) is 2.02. The van der Waals surface area contributed by atoms with Crippen molar-refractivity contribution in [2.75, 3.05) is 13.1 Å². The average Bonchev–Trinajstić information content (AvgIpc) is 3.23. The van der Waals surface area contributed by atoms with Crippen molar-refractivity contribution in [1.82, 2.24) is 10.2 Å². The van der Waals surface area contributed by atoms with Crippen LogP contribution in [0.3, 0.4) is 0 Å². The van der Waals surface area contributed by atoms with Crippen LogP contribution < -0.4 is 5.32 Å². The summed E-state index contributed by atoms with van der Waals surface area (Å²) in [6.45, 7) is 0.629. The number of nitrogens with one attached hydrogen (secondary N) is 1. The first-order chi connectivity index (χ1) is 10.1. The molecule has 1 saturated carbocycles. The van der Waals surface area contributed by atoms with Crippen LogP contribution in [-0.2, 0) is 11.2 Å². The Balaban J connectivity index is 1.84. The maximum absolute atomic E-state index is 13.1. The maximum Gasteiger partial charge on any atom is 0.317 e. The van der Waals surface area contributed by atoms with Crippen molar-refractivity contribution >= 4 is 12.0 Å². The minimum atomic E-state index is -0.937. The van der Waals surface area contributed by atoms with Crippen molar-refractivity contribution in [3.8, 4) is 0 Å². The molecule has 114 valence electrons. The zero-order chi connectivity index (χ0) is 15.2. The molecule has 0 spiro atoms. The second-order valence-corrected chi connectivity index (χ2v) is 5.18. The quantitative estimate of drug-likeness (QED) is 0.808. The first kappa shape index (κ1) is 15.3. The Hall–Kier alpha value is -2.11. The van der Waals surface area contributed by atoms with Crippen molar-refractivity contribution in [1.29, 1.82) is 0 Å². The van der Waals surface area contributed by atoms with Gasteiger partial charge in [-0.25, -0.2) is 9.18 Å². The van der Waals surface area contributed by atoms with Gasteiger partial charge in [-0.05, 0) is 37.0 Å². The van der Waals surface area contributed by atoms with Crippen LogP contribution >= 0.6 is 0 Å². The second-order valence-electron chi connectivity index (χ2n) is 5.18. The maximum atomic E-state index is 13.1. The molecule has 2 N–H and O–H groups in total. The molecule has 21 heavy (non-hydrogen) atoms. The van der Waals surface area contributed by atoms with Crippen molar-refractivity contribution in [2.45, 2.75) is 31.7 Å². The number of benzene rings is 1. The number of carbonyl (C=O) groups excluding carboxylic acids is 1. The van der Waals surface area contributed by atoms with Crippen molar-refractivity contribution in [2.24, 2.45) is 0 Å². The fraction of sp³-hybridized carbons (Fsp3) is 0.467. The van der Waals surface area contributed by atoms with Crippen LogP contribution in [0.15, 0.2) is 24.3 Å². The number of nitrogens with zero attached hydrogens (tertiary/aromatic N) is 1. The lowest BCUT2D eigenvalue weighted by Crippen LogP contribution is -2.43. The number of carbonyl (C=O) groups is 2. The molecule has 2 rings (SSSR count). The highest BCUT2D eigenvalue weighted by Gasteiger charge is 2.32. The van der Waals surface area contributed by atoms with Gasteiger partial charge in [0.05, 0.1) is 6.42 Å². The summed E-state index contributed by atoms with van der Waals surface area (Å²) >= 11 is 0. The molecule has 1 aliphatic rings. The number of halogens is 1. The number of carboxylic acid groups (broad SMARTS) is 1. The van der Waals surface area contributed by atoms with E-state index >= 15 is 0 Å². The molecule has 1 fully saturated rings. The highest BCUT2D eigenvalue weighted by atomic mass is 19.1. The third-order valence-electron chi connectivity index (χ3n) is 3.39. The zero-order valence-corrected chi connectivity index (χ0v) is 11.7. The molecule has 0 saturated heterocycles. The lowest BCUT2D eigenvalue weighted by Gasteiger charge is -2.22. The van der Waals surface area contributed by atoms with Gasteiger partial charge < -0.3 is 15.3 Å². The average molecular weight is 294 g/mol. The number of urea groups is 1. The second kappa shape index (κ2) is 7.06. The van der Waals surface area contributed by atoms with Crippen LogP contribution in [0.4, 0.5) is 9.18 Å². The van der Waals surface area contributed by atoms with Gasteiger partial charge >= 0.3 is 12.0 Å². The molecule has 0 atom stereocenters. The van der Waals surface area contributed by atoms with Gasteiger partial charge in [-0.1, -0.05) is 12.1 Å². The topological polar surface area (TPSA) is 69.6 Å². The molecule has 0 heterocycles. The fourth-order valence-electron chi connectivity index (χ4n) is 2.16. The van der Waals surface area contributed by atoms with E-state index in [1.807, 2.05) is 6.07 Å². The molecule has 6 heteroatoms. The number of amides is 2. The smallest absolute Gasteiger partial charge is 0.317 e. The number of hydrogen-bond acceptors (Lipinski definition) is 2. The summed E-state index contributed by atoms with van der Waals surface area (Å²) in [5, 5.41) is 11.2. The lowest BCUT2D eigenvalue weighted by molar-refractivity contribution is -0.136. The molecular weight excluding hydrogens is 275 g/mol. The molecule has 0 unspecified atom stereocenters. The Morgan fingerprint density at radius 2 is 2.14 bits per heavy atom. The number of hydrogen-bond donors (Lipinski definition) is 2. The molecule has 0 bridgehead atoms. The Kier molecular flexibility index (Phi) is 5.14. The minimum Gasteiger partial charge on any atom is -0.481 e. The van der Waals surface area contributed by atoms with Gasteiger partial charge in [-0.2, -0.15) is 0 Å². The molecule has 1 aliphatic carbocycles. The van der Waals surface area contributed by atoms with Crippen molar-refractivity contribution < 1.29 is 19.1 Å². The van der Waals surface area contributed by atoms with E-state index in [9.17, 15) is 14.0 Å². The van der Waals surface area contributed by atoms with Crippen LogP contribution in [0.25, 0.3) is 0 Å². The van der Waals surface area contributed by atoms with E-state index in [-0.39, 0.29) is 30.9 Å².